The number of hydroxylamine groups is 1. The van der Waals surface area contributed by atoms with Crippen LogP contribution in [0.15, 0.2) is 24.5 Å². The van der Waals surface area contributed by atoms with E-state index in [1.165, 1.54) is 16.9 Å². The third-order valence-corrected chi connectivity index (χ3v) is 2.86. The first kappa shape index (κ1) is 16.0. The molecule has 0 bridgehead atoms. The van der Waals surface area contributed by atoms with Crippen LogP contribution in [0.4, 0.5) is 13.2 Å². The maximum atomic E-state index is 12.5. The lowest BCUT2D eigenvalue weighted by Crippen LogP contribution is -2.24. The van der Waals surface area contributed by atoms with E-state index < -0.39 is 17.6 Å². The second-order valence-corrected chi connectivity index (χ2v) is 4.32. The molecule has 0 saturated heterocycles. The van der Waals surface area contributed by atoms with Crippen molar-refractivity contribution in [2.24, 2.45) is 0 Å². The minimum Gasteiger partial charge on any atom is -0.274 e. The van der Waals surface area contributed by atoms with Gasteiger partial charge in [0, 0.05) is 6.20 Å². The van der Waals surface area contributed by atoms with Crippen LogP contribution in [-0.4, -0.2) is 27.3 Å². The Hall–Kier alpha value is -2.42. The van der Waals surface area contributed by atoms with Gasteiger partial charge in [-0.15, -0.1) is 0 Å². The fraction of sp³-hybridized carbons (Fsp3) is 0.308. The molecule has 1 N–H and O–H groups in total. The van der Waals surface area contributed by atoms with E-state index in [0.717, 1.165) is 12.3 Å². The van der Waals surface area contributed by atoms with Gasteiger partial charge in [-0.2, -0.15) is 18.3 Å². The van der Waals surface area contributed by atoms with Crippen molar-refractivity contribution in [2.75, 3.05) is 6.61 Å². The third-order valence-electron chi connectivity index (χ3n) is 2.86. The van der Waals surface area contributed by atoms with Gasteiger partial charge in [0.05, 0.1) is 29.6 Å². The molecule has 6 nitrogen and oxygen atoms in total. The maximum absolute atomic E-state index is 12.5. The largest absolute Gasteiger partial charge is 0.417 e. The molecule has 0 radical (unpaired) electrons. The second-order valence-electron chi connectivity index (χ2n) is 4.32. The lowest BCUT2D eigenvalue weighted by molar-refractivity contribution is -0.137. The first-order valence-corrected chi connectivity index (χ1v) is 6.35. The third kappa shape index (κ3) is 3.25. The minimum absolute atomic E-state index is 0.181. The molecule has 2 rings (SSSR count). The number of hydrogen-bond acceptors (Lipinski definition) is 4. The Morgan fingerprint density at radius 1 is 1.36 bits per heavy atom. The van der Waals surface area contributed by atoms with E-state index in [1.54, 1.807) is 13.8 Å². The van der Waals surface area contributed by atoms with E-state index in [4.69, 9.17) is 4.84 Å². The summed E-state index contributed by atoms with van der Waals surface area (Å²) in [7, 11) is 0. The zero-order chi connectivity index (χ0) is 16.3. The number of rotatable bonds is 4. The van der Waals surface area contributed by atoms with Crippen molar-refractivity contribution < 1.29 is 22.8 Å². The Labute approximate surface area is 123 Å². The highest BCUT2D eigenvalue weighted by molar-refractivity contribution is 5.94. The van der Waals surface area contributed by atoms with Crippen LogP contribution in [0, 0.1) is 6.92 Å². The number of carbonyl (C=O) groups is 1. The topological polar surface area (TPSA) is 69.0 Å². The van der Waals surface area contributed by atoms with Crippen LogP contribution in [0.1, 0.15) is 28.5 Å². The lowest BCUT2D eigenvalue weighted by Gasteiger charge is -2.08. The Morgan fingerprint density at radius 2 is 2.09 bits per heavy atom. The molecule has 0 aliphatic carbocycles. The Kier molecular flexibility index (Phi) is 4.45. The van der Waals surface area contributed by atoms with Gasteiger partial charge in [0.25, 0.3) is 5.91 Å². The Bertz CT molecular complexity index is 665. The van der Waals surface area contributed by atoms with Gasteiger partial charge in [-0.05, 0) is 26.0 Å². The molecular weight excluding hydrogens is 301 g/mol. The number of halogens is 3. The molecule has 118 valence electrons. The summed E-state index contributed by atoms with van der Waals surface area (Å²) in [6.07, 6.45) is -2.44. The molecule has 22 heavy (non-hydrogen) atoms. The van der Waals surface area contributed by atoms with Crippen molar-refractivity contribution in [1.29, 1.82) is 0 Å². The summed E-state index contributed by atoms with van der Waals surface area (Å²) in [4.78, 5) is 20.3. The molecule has 0 atom stereocenters. The van der Waals surface area contributed by atoms with Gasteiger partial charge in [0.1, 0.15) is 0 Å². The van der Waals surface area contributed by atoms with E-state index in [2.05, 4.69) is 15.6 Å². The van der Waals surface area contributed by atoms with Crippen molar-refractivity contribution in [3.63, 3.8) is 0 Å². The quantitative estimate of drug-likeness (QED) is 0.879. The molecule has 2 aromatic rings. The summed E-state index contributed by atoms with van der Waals surface area (Å²) < 4.78 is 38.8. The van der Waals surface area contributed by atoms with E-state index in [-0.39, 0.29) is 11.4 Å². The fourth-order valence-corrected chi connectivity index (χ4v) is 1.74. The summed E-state index contributed by atoms with van der Waals surface area (Å²) in [5.41, 5.74) is 2.05. The predicted molar refractivity (Wildman–Crippen MR) is 70.2 cm³/mol. The molecule has 0 aromatic carbocycles. The van der Waals surface area contributed by atoms with Crippen LogP contribution >= 0.6 is 0 Å². The zero-order valence-corrected chi connectivity index (χ0v) is 11.8. The number of hydrogen-bond donors (Lipinski definition) is 1. The molecule has 0 saturated carbocycles. The van der Waals surface area contributed by atoms with Crippen LogP contribution < -0.4 is 5.48 Å². The number of alkyl halides is 3. The van der Waals surface area contributed by atoms with Crippen LogP contribution in [0.3, 0.4) is 0 Å². The smallest absolute Gasteiger partial charge is 0.274 e. The fourth-order valence-electron chi connectivity index (χ4n) is 1.74. The molecule has 0 aliphatic rings. The van der Waals surface area contributed by atoms with E-state index in [9.17, 15) is 18.0 Å². The highest BCUT2D eigenvalue weighted by Crippen LogP contribution is 2.28. The first-order valence-electron chi connectivity index (χ1n) is 6.35. The average Bonchev–Trinajstić information content (AvgIpc) is 2.86. The molecule has 2 aromatic heterocycles. The number of nitrogens with zero attached hydrogens (tertiary/aromatic N) is 3. The van der Waals surface area contributed by atoms with Gasteiger partial charge in [-0.1, -0.05) is 0 Å². The Balaban J connectivity index is 2.27. The van der Waals surface area contributed by atoms with Crippen LogP contribution in [0.25, 0.3) is 5.82 Å². The molecule has 0 spiro atoms. The summed E-state index contributed by atoms with van der Waals surface area (Å²) >= 11 is 0. The predicted octanol–water partition coefficient (Wildman–Crippen LogP) is 2.28. The number of amides is 1. The number of pyridine rings is 1. The number of aromatic nitrogens is 3. The zero-order valence-electron chi connectivity index (χ0n) is 11.8. The summed E-state index contributed by atoms with van der Waals surface area (Å²) in [5.74, 6) is -0.307. The second kappa shape index (κ2) is 6.14. The SMILES string of the molecule is CCONC(=O)c1cnn(-c2ccc(C(F)(F)F)cn2)c1C. The molecule has 0 fully saturated rings. The minimum atomic E-state index is -4.45. The van der Waals surface area contributed by atoms with Gasteiger partial charge < -0.3 is 0 Å². The monoisotopic (exact) mass is 314 g/mol. The van der Waals surface area contributed by atoms with Gasteiger partial charge in [-0.3, -0.25) is 9.63 Å². The number of carbonyl (C=O) groups excluding carboxylic acids is 1. The average molecular weight is 314 g/mol. The van der Waals surface area contributed by atoms with Crippen molar-refractivity contribution in [3.8, 4) is 5.82 Å². The Morgan fingerprint density at radius 3 is 2.64 bits per heavy atom. The summed E-state index contributed by atoms with van der Waals surface area (Å²) in [6.45, 7) is 3.62. The van der Waals surface area contributed by atoms with Gasteiger partial charge in [0.15, 0.2) is 5.82 Å². The standard InChI is InChI=1S/C13H13F3N4O2/c1-3-22-19-12(21)10-7-18-20(8(10)2)11-5-4-9(6-17-11)13(14,15)16/h4-7H,3H2,1-2H3,(H,19,21). The van der Waals surface area contributed by atoms with Gasteiger partial charge in [0.2, 0.25) is 0 Å². The number of nitrogens with one attached hydrogen (secondary N) is 1. The normalized spacial score (nSPS) is 11.5. The molecule has 2 heterocycles. The van der Waals surface area contributed by atoms with Crippen LogP contribution in [-0.2, 0) is 11.0 Å². The molecule has 1 amide bonds. The van der Waals surface area contributed by atoms with Gasteiger partial charge in [-0.25, -0.2) is 15.1 Å². The van der Waals surface area contributed by atoms with Crippen LogP contribution in [0.2, 0.25) is 0 Å². The van der Waals surface area contributed by atoms with Crippen molar-refractivity contribution in [1.82, 2.24) is 20.2 Å². The van der Waals surface area contributed by atoms with Crippen LogP contribution in [0.5, 0.6) is 0 Å². The molecule has 0 aliphatic heterocycles. The van der Waals surface area contributed by atoms with Gasteiger partial charge >= 0.3 is 6.18 Å². The summed E-state index contributed by atoms with van der Waals surface area (Å²) in [5, 5.41) is 3.96. The molecular formula is C13H13F3N4O2. The van der Waals surface area contributed by atoms with E-state index in [1.807, 2.05) is 0 Å². The molecule has 0 unspecified atom stereocenters. The van der Waals surface area contributed by atoms with Crippen molar-refractivity contribution in [2.45, 2.75) is 20.0 Å². The highest BCUT2D eigenvalue weighted by atomic mass is 19.4. The highest BCUT2D eigenvalue weighted by Gasteiger charge is 2.30. The maximum Gasteiger partial charge on any atom is 0.417 e. The first-order chi connectivity index (χ1) is 10.3. The van der Waals surface area contributed by atoms with E-state index in [0.29, 0.717) is 12.3 Å². The summed E-state index contributed by atoms with van der Waals surface area (Å²) in [6, 6.07) is 2.09. The lowest BCUT2D eigenvalue weighted by atomic mass is 10.2. The van der Waals surface area contributed by atoms with Crippen molar-refractivity contribution >= 4 is 5.91 Å². The van der Waals surface area contributed by atoms with Crippen molar-refractivity contribution in [3.05, 3.63) is 41.3 Å². The molecule has 9 heteroatoms. The van der Waals surface area contributed by atoms with E-state index >= 15 is 0 Å².